The molecule has 2 heterocycles. The number of nitrogens with zero attached hydrogens (tertiary/aromatic N) is 2. The molecule has 112 valence electrons. The molecule has 4 rings (SSSR count). The van der Waals surface area contributed by atoms with Gasteiger partial charge in [0.15, 0.2) is 0 Å². The SMILES string of the molecule is c1cn(-c2ccc(CNC3CCCc4sccc43)cc2)cn1. The van der Waals surface area contributed by atoms with E-state index in [-0.39, 0.29) is 0 Å². The Morgan fingerprint density at radius 2 is 2.14 bits per heavy atom. The summed E-state index contributed by atoms with van der Waals surface area (Å²) in [6, 6.07) is 11.5. The molecule has 2 aromatic heterocycles. The number of nitrogens with one attached hydrogen (secondary N) is 1. The van der Waals surface area contributed by atoms with Gasteiger partial charge in [-0.1, -0.05) is 12.1 Å². The van der Waals surface area contributed by atoms with Crippen molar-refractivity contribution >= 4 is 11.3 Å². The number of hydrogen-bond donors (Lipinski definition) is 1. The summed E-state index contributed by atoms with van der Waals surface area (Å²) in [5.41, 5.74) is 4.00. The minimum Gasteiger partial charge on any atom is -0.306 e. The van der Waals surface area contributed by atoms with E-state index >= 15 is 0 Å². The van der Waals surface area contributed by atoms with Crippen molar-refractivity contribution in [3.63, 3.8) is 0 Å². The van der Waals surface area contributed by atoms with Crippen LogP contribution in [0.2, 0.25) is 0 Å². The van der Waals surface area contributed by atoms with Gasteiger partial charge in [0.25, 0.3) is 0 Å². The number of imidazole rings is 1. The van der Waals surface area contributed by atoms with Gasteiger partial charge in [0, 0.05) is 35.5 Å². The number of hydrogen-bond acceptors (Lipinski definition) is 3. The van der Waals surface area contributed by atoms with Gasteiger partial charge in [-0.25, -0.2) is 4.98 Å². The Labute approximate surface area is 134 Å². The van der Waals surface area contributed by atoms with Crippen LogP contribution < -0.4 is 5.32 Å². The molecule has 1 aliphatic rings. The minimum absolute atomic E-state index is 0.517. The zero-order valence-corrected chi connectivity index (χ0v) is 13.2. The largest absolute Gasteiger partial charge is 0.306 e. The predicted molar refractivity (Wildman–Crippen MR) is 90.4 cm³/mol. The number of fused-ring (bicyclic) bond motifs is 1. The van der Waals surface area contributed by atoms with Crippen LogP contribution in [0.25, 0.3) is 5.69 Å². The molecule has 1 aromatic carbocycles. The van der Waals surface area contributed by atoms with Gasteiger partial charge < -0.3 is 9.88 Å². The maximum Gasteiger partial charge on any atom is 0.0991 e. The molecule has 1 atom stereocenters. The van der Waals surface area contributed by atoms with Gasteiger partial charge in [0.05, 0.1) is 6.33 Å². The van der Waals surface area contributed by atoms with Gasteiger partial charge in [-0.15, -0.1) is 11.3 Å². The van der Waals surface area contributed by atoms with Crippen molar-refractivity contribution in [3.8, 4) is 5.69 Å². The average molecular weight is 309 g/mol. The number of aromatic nitrogens is 2. The number of aryl methyl sites for hydroxylation is 1. The van der Waals surface area contributed by atoms with Crippen LogP contribution in [0.1, 0.15) is 34.9 Å². The summed E-state index contributed by atoms with van der Waals surface area (Å²) in [5, 5.41) is 5.95. The Kier molecular flexibility index (Phi) is 3.79. The van der Waals surface area contributed by atoms with Crippen LogP contribution in [-0.2, 0) is 13.0 Å². The van der Waals surface area contributed by atoms with Crippen LogP contribution in [0, 0.1) is 0 Å². The van der Waals surface area contributed by atoms with E-state index < -0.39 is 0 Å². The molecule has 1 aliphatic carbocycles. The predicted octanol–water partition coefficient (Wildman–Crippen LogP) is 4.10. The lowest BCUT2D eigenvalue weighted by Crippen LogP contribution is -2.23. The third-order valence-corrected chi connectivity index (χ3v) is 5.34. The fraction of sp³-hybridized carbons (Fsp3) is 0.278. The summed E-state index contributed by atoms with van der Waals surface area (Å²) in [7, 11) is 0. The van der Waals surface area contributed by atoms with Crippen LogP contribution in [-0.4, -0.2) is 9.55 Å². The van der Waals surface area contributed by atoms with Crippen LogP contribution in [0.4, 0.5) is 0 Å². The van der Waals surface area contributed by atoms with E-state index in [4.69, 9.17) is 0 Å². The van der Waals surface area contributed by atoms with Crippen LogP contribution in [0.5, 0.6) is 0 Å². The molecule has 22 heavy (non-hydrogen) atoms. The van der Waals surface area contributed by atoms with Crippen molar-refractivity contribution < 1.29 is 0 Å². The lowest BCUT2D eigenvalue weighted by Gasteiger charge is -2.24. The molecule has 0 amide bonds. The Hall–Kier alpha value is -1.91. The van der Waals surface area contributed by atoms with Gasteiger partial charge in [-0.3, -0.25) is 0 Å². The second-order valence-electron chi connectivity index (χ2n) is 5.76. The Morgan fingerprint density at radius 3 is 2.95 bits per heavy atom. The van der Waals surface area contributed by atoms with Gasteiger partial charge in [0.1, 0.15) is 0 Å². The highest BCUT2D eigenvalue weighted by Gasteiger charge is 2.20. The van der Waals surface area contributed by atoms with Gasteiger partial charge in [-0.05, 0) is 54.0 Å². The van der Waals surface area contributed by atoms with Crippen molar-refractivity contribution in [2.45, 2.75) is 31.8 Å². The van der Waals surface area contributed by atoms with Gasteiger partial charge in [-0.2, -0.15) is 0 Å². The molecule has 0 bridgehead atoms. The lowest BCUT2D eigenvalue weighted by atomic mass is 9.94. The lowest BCUT2D eigenvalue weighted by molar-refractivity contribution is 0.463. The van der Waals surface area contributed by atoms with Crippen LogP contribution in [0.3, 0.4) is 0 Å². The highest BCUT2D eigenvalue weighted by atomic mass is 32.1. The normalized spacial score (nSPS) is 17.4. The smallest absolute Gasteiger partial charge is 0.0991 e. The molecule has 0 fully saturated rings. The fourth-order valence-corrected chi connectivity index (χ4v) is 4.12. The maximum atomic E-state index is 4.09. The Balaban J connectivity index is 1.43. The maximum absolute atomic E-state index is 4.09. The molecule has 0 radical (unpaired) electrons. The van der Waals surface area contributed by atoms with Crippen molar-refractivity contribution in [1.82, 2.24) is 14.9 Å². The van der Waals surface area contributed by atoms with E-state index in [9.17, 15) is 0 Å². The first-order valence-corrected chi connectivity index (χ1v) is 8.65. The Bertz CT molecular complexity index is 728. The highest BCUT2D eigenvalue weighted by molar-refractivity contribution is 7.10. The standard InChI is InChI=1S/C18H19N3S/c1-2-17(16-8-11-22-18(16)3-1)20-12-14-4-6-15(7-5-14)21-10-9-19-13-21/h4-11,13,17,20H,1-3,12H2. The van der Waals surface area contributed by atoms with Crippen molar-refractivity contribution in [2.75, 3.05) is 0 Å². The molecule has 0 aliphatic heterocycles. The first-order chi connectivity index (χ1) is 10.9. The monoisotopic (exact) mass is 309 g/mol. The molecule has 3 nitrogen and oxygen atoms in total. The van der Waals surface area contributed by atoms with E-state index in [2.05, 4.69) is 46.0 Å². The fourth-order valence-electron chi connectivity index (χ4n) is 3.14. The van der Waals surface area contributed by atoms with Crippen molar-refractivity contribution in [3.05, 3.63) is 70.4 Å². The van der Waals surface area contributed by atoms with E-state index in [1.165, 1.54) is 30.4 Å². The quantitative estimate of drug-likeness (QED) is 0.786. The molecule has 0 spiro atoms. The molecule has 1 unspecified atom stereocenters. The number of rotatable bonds is 4. The summed E-state index contributed by atoms with van der Waals surface area (Å²) < 4.78 is 2.02. The second-order valence-corrected chi connectivity index (χ2v) is 6.76. The van der Waals surface area contributed by atoms with E-state index in [1.807, 2.05) is 28.4 Å². The molecule has 4 heteroatoms. The number of benzene rings is 1. The molecule has 3 aromatic rings. The second kappa shape index (κ2) is 6.07. The van der Waals surface area contributed by atoms with E-state index in [0.29, 0.717) is 6.04 Å². The summed E-state index contributed by atoms with van der Waals surface area (Å²) in [6.45, 7) is 0.921. The van der Waals surface area contributed by atoms with Crippen molar-refractivity contribution in [1.29, 1.82) is 0 Å². The Morgan fingerprint density at radius 1 is 1.23 bits per heavy atom. The van der Waals surface area contributed by atoms with Crippen molar-refractivity contribution in [2.24, 2.45) is 0 Å². The average Bonchev–Trinajstić information content (AvgIpc) is 3.24. The van der Waals surface area contributed by atoms with Gasteiger partial charge >= 0.3 is 0 Å². The molecule has 0 saturated carbocycles. The van der Waals surface area contributed by atoms with E-state index in [0.717, 1.165) is 12.2 Å². The molecular weight excluding hydrogens is 290 g/mol. The molecular formula is C18H19N3S. The zero-order valence-electron chi connectivity index (χ0n) is 12.4. The highest BCUT2D eigenvalue weighted by Crippen LogP contribution is 2.33. The van der Waals surface area contributed by atoms with Crippen LogP contribution >= 0.6 is 11.3 Å². The zero-order chi connectivity index (χ0) is 14.8. The summed E-state index contributed by atoms with van der Waals surface area (Å²) >= 11 is 1.90. The van der Waals surface area contributed by atoms with Crippen LogP contribution in [0.15, 0.2) is 54.4 Å². The molecule has 1 N–H and O–H groups in total. The summed E-state index contributed by atoms with van der Waals surface area (Å²) in [5.74, 6) is 0. The molecule has 0 saturated heterocycles. The third-order valence-electron chi connectivity index (χ3n) is 4.34. The van der Waals surface area contributed by atoms with E-state index in [1.54, 1.807) is 11.1 Å². The topological polar surface area (TPSA) is 29.9 Å². The summed E-state index contributed by atoms with van der Waals surface area (Å²) in [6.07, 6.45) is 9.39. The first kappa shape index (κ1) is 13.7. The minimum atomic E-state index is 0.517. The first-order valence-electron chi connectivity index (χ1n) is 7.77. The van der Waals surface area contributed by atoms with Gasteiger partial charge in [0.2, 0.25) is 0 Å². The summed E-state index contributed by atoms with van der Waals surface area (Å²) in [4.78, 5) is 5.66. The third kappa shape index (κ3) is 2.72. The number of thiophene rings is 1.